The molecule has 0 aliphatic rings. The van der Waals surface area contributed by atoms with E-state index in [0.29, 0.717) is 5.69 Å². The Hall–Kier alpha value is -2.44. The average Bonchev–Trinajstić information content (AvgIpc) is 2.42. The fourth-order valence-corrected chi connectivity index (χ4v) is 1.64. The normalized spacial score (nSPS) is 10.6. The highest BCUT2D eigenvalue weighted by molar-refractivity contribution is 5.23. The maximum Gasteiger partial charge on any atom is 0.330 e. The molecule has 1 heterocycles. The highest BCUT2D eigenvalue weighted by atomic mass is 19.2. The van der Waals surface area contributed by atoms with E-state index in [1.165, 1.54) is 30.8 Å². The molecule has 2 rings (SSSR count). The summed E-state index contributed by atoms with van der Waals surface area (Å²) in [5.41, 5.74) is -0.610. The molecule has 2 aromatic rings. The fraction of sp³-hybridized carbons (Fsp3) is 0.231. The molecule has 0 bridgehead atoms. The van der Waals surface area contributed by atoms with Crippen LogP contribution in [0.2, 0.25) is 0 Å². The lowest BCUT2D eigenvalue weighted by Gasteiger charge is -2.11. The van der Waals surface area contributed by atoms with Crippen LogP contribution in [0.4, 0.5) is 8.78 Å². The molecule has 7 heteroatoms. The topological polar surface area (TPSA) is 53.2 Å². The molecule has 106 valence electrons. The van der Waals surface area contributed by atoms with Crippen molar-refractivity contribution in [3.63, 3.8) is 0 Å². The van der Waals surface area contributed by atoms with Gasteiger partial charge in [0.05, 0.1) is 5.69 Å². The molecule has 5 nitrogen and oxygen atoms in total. The van der Waals surface area contributed by atoms with E-state index < -0.39 is 22.9 Å². The fourth-order valence-electron chi connectivity index (χ4n) is 1.64. The van der Waals surface area contributed by atoms with Crippen molar-refractivity contribution in [1.82, 2.24) is 9.13 Å². The summed E-state index contributed by atoms with van der Waals surface area (Å²) < 4.78 is 33.2. The van der Waals surface area contributed by atoms with Crippen molar-refractivity contribution in [3.05, 3.63) is 62.4 Å². The summed E-state index contributed by atoms with van der Waals surface area (Å²) in [5, 5.41) is 0. The summed E-state index contributed by atoms with van der Waals surface area (Å²) in [4.78, 5) is 23.2. The van der Waals surface area contributed by atoms with Crippen LogP contribution in [-0.4, -0.2) is 9.13 Å². The Morgan fingerprint density at radius 3 is 2.40 bits per heavy atom. The van der Waals surface area contributed by atoms with Crippen molar-refractivity contribution in [2.24, 2.45) is 14.1 Å². The summed E-state index contributed by atoms with van der Waals surface area (Å²) in [6.07, 6.45) is 0. The maximum atomic E-state index is 13.0. The Balaban J connectivity index is 2.25. The zero-order valence-electron chi connectivity index (χ0n) is 10.9. The number of hydrogen-bond acceptors (Lipinski definition) is 3. The van der Waals surface area contributed by atoms with Gasteiger partial charge in [0.2, 0.25) is 0 Å². The van der Waals surface area contributed by atoms with Gasteiger partial charge in [-0.15, -0.1) is 0 Å². The molecule has 0 unspecified atom stereocenters. The highest BCUT2D eigenvalue weighted by Crippen LogP contribution is 2.16. The SMILES string of the molecule is Cn1c(COc2ccc(F)c(F)c2)cc(=O)n(C)c1=O. The van der Waals surface area contributed by atoms with Crippen LogP contribution in [0.15, 0.2) is 33.9 Å². The summed E-state index contributed by atoms with van der Waals surface area (Å²) in [6, 6.07) is 4.35. The van der Waals surface area contributed by atoms with Gasteiger partial charge in [-0.1, -0.05) is 0 Å². The van der Waals surface area contributed by atoms with Crippen molar-refractivity contribution in [2.75, 3.05) is 0 Å². The van der Waals surface area contributed by atoms with Gasteiger partial charge in [-0.05, 0) is 12.1 Å². The number of halogens is 2. The summed E-state index contributed by atoms with van der Waals surface area (Å²) in [7, 11) is 2.86. The third-order valence-corrected chi connectivity index (χ3v) is 2.90. The van der Waals surface area contributed by atoms with E-state index in [9.17, 15) is 18.4 Å². The quantitative estimate of drug-likeness (QED) is 0.842. The van der Waals surface area contributed by atoms with Gasteiger partial charge < -0.3 is 4.74 Å². The Kier molecular flexibility index (Phi) is 3.69. The average molecular weight is 282 g/mol. The lowest BCUT2D eigenvalue weighted by Crippen LogP contribution is -2.38. The van der Waals surface area contributed by atoms with E-state index in [1.54, 1.807) is 0 Å². The predicted octanol–water partition coefficient (Wildman–Crippen LogP) is 0.941. The van der Waals surface area contributed by atoms with Crippen LogP contribution in [0.3, 0.4) is 0 Å². The van der Waals surface area contributed by atoms with Gasteiger partial charge in [0, 0.05) is 26.2 Å². The third kappa shape index (κ3) is 2.61. The Labute approximate surface area is 112 Å². The smallest absolute Gasteiger partial charge is 0.330 e. The first-order valence-electron chi connectivity index (χ1n) is 5.74. The van der Waals surface area contributed by atoms with Gasteiger partial charge in [-0.25, -0.2) is 13.6 Å². The second-order valence-corrected chi connectivity index (χ2v) is 4.24. The molecule has 20 heavy (non-hydrogen) atoms. The molecule has 0 saturated heterocycles. The van der Waals surface area contributed by atoms with E-state index >= 15 is 0 Å². The minimum absolute atomic E-state index is 0.104. The van der Waals surface area contributed by atoms with Crippen LogP contribution in [-0.2, 0) is 20.7 Å². The van der Waals surface area contributed by atoms with Crippen molar-refractivity contribution in [3.8, 4) is 5.75 Å². The Bertz CT molecular complexity index is 765. The first kappa shape index (κ1) is 14.0. The first-order chi connectivity index (χ1) is 9.40. The van der Waals surface area contributed by atoms with Gasteiger partial charge in [-0.2, -0.15) is 0 Å². The summed E-state index contributed by atoms with van der Waals surface area (Å²) in [5.74, 6) is -1.89. The number of nitrogens with zero attached hydrogens (tertiary/aromatic N) is 2. The molecule has 0 spiro atoms. The second kappa shape index (κ2) is 5.28. The number of aromatic nitrogens is 2. The Morgan fingerprint density at radius 1 is 1.05 bits per heavy atom. The van der Waals surface area contributed by atoms with E-state index in [0.717, 1.165) is 16.7 Å². The van der Waals surface area contributed by atoms with Gasteiger partial charge in [0.1, 0.15) is 12.4 Å². The lowest BCUT2D eigenvalue weighted by atomic mass is 10.3. The van der Waals surface area contributed by atoms with Crippen LogP contribution in [0.5, 0.6) is 5.75 Å². The number of rotatable bonds is 3. The van der Waals surface area contributed by atoms with Crippen molar-refractivity contribution in [1.29, 1.82) is 0 Å². The molecule has 0 aliphatic heterocycles. The molecule has 0 amide bonds. The molecular weight excluding hydrogens is 270 g/mol. The molecular formula is C13H12F2N2O3. The lowest BCUT2D eigenvalue weighted by molar-refractivity contribution is 0.291. The molecule has 0 saturated carbocycles. The van der Waals surface area contributed by atoms with Crippen LogP contribution < -0.4 is 16.0 Å². The number of ether oxygens (including phenoxy) is 1. The monoisotopic (exact) mass is 282 g/mol. The summed E-state index contributed by atoms with van der Waals surface area (Å²) in [6.45, 7) is -0.104. The zero-order chi connectivity index (χ0) is 14.9. The van der Waals surface area contributed by atoms with Crippen molar-refractivity contribution < 1.29 is 13.5 Å². The van der Waals surface area contributed by atoms with E-state index in [-0.39, 0.29) is 12.4 Å². The van der Waals surface area contributed by atoms with Gasteiger partial charge in [0.25, 0.3) is 5.56 Å². The molecule has 0 atom stereocenters. The molecule has 0 aliphatic carbocycles. The van der Waals surface area contributed by atoms with E-state index in [2.05, 4.69) is 0 Å². The number of benzene rings is 1. The van der Waals surface area contributed by atoms with Gasteiger partial charge in [-0.3, -0.25) is 13.9 Å². The zero-order valence-corrected chi connectivity index (χ0v) is 10.9. The van der Waals surface area contributed by atoms with Crippen LogP contribution in [0, 0.1) is 11.6 Å². The second-order valence-electron chi connectivity index (χ2n) is 4.24. The molecule has 0 radical (unpaired) electrons. The van der Waals surface area contributed by atoms with Gasteiger partial charge in [0.15, 0.2) is 11.6 Å². The molecule has 1 aromatic carbocycles. The van der Waals surface area contributed by atoms with Crippen molar-refractivity contribution in [2.45, 2.75) is 6.61 Å². The maximum absolute atomic E-state index is 13.0. The largest absolute Gasteiger partial charge is 0.487 e. The third-order valence-electron chi connectivity index (χ3n) is 2.90. The van der Waals surface area contributed by atoms with Crippen LogP contribution in [0.1, 0.15) is 5.69 Å². The predicted molar refractivity (Wildman–Crippen MR) is 67.6 cm³/mol. The number of hydrogen-bond donors (Lipinski definition) is 0. The minimum atomic E-state index is -1.03. The van der Waals surface area contributed by atoms with Crippen LogP contribution in [0.25, 0.3) is 0 Å². The Morgan fingerprint density at radius 2 is 1.75 bits per heavy atom. The first-order valence-corrected chi connectivity index (χ1v) is 5.74. The van der Waals surface area contributed by atoms with Gasteiger partial charge >= 0.3 is 5.69 Å². The standard InChI is InChI=1S/C13H12F2N2O3/c1-16-8(5-12(18)17(2)13(16)19)7-20-9-3-4-10(14)11(15)6-9/h3-6H,7H2,1-2H3. The summed E-state index contributed by atoms with van der Waals surface area (Å²) >= 11 is 0. The highest BCUT2D eigenvalue weighted by Gasteiger charge is 2.08. The van der Waals surface area contributed by atoms with E-state index in [1.807, 2.05) is 0 Å². The molecule has 1 aromatic heterocycles. The molecule has 0 fully saturated rings. The minimum Gasteiger partial charge on any atom is -0.487 e. The van der Waals surface area contributed by atoms with Crippen molar-refractivity contribution >= 4 is 0 Å². The van der Waals surface area contributed by atoms with E-state index in [4.69, 9.17) is 4.74 Å². The molecule has 0 N–H and O–H groups in total. The van der Waals surface area contributed by atoms with Crippen LogP contribution >= 0.6 is 0 Å².